The first-order valence-electron chi connectivity index (χ1n) is 8.27. The highest BCUT2D eigenvalue weighted by atomic mass is 19.1. The molecular formula is C19H15F2N3O2. The second kappa shape index (κ2) is 6.33. The minimum absolute atomic E-state index is 0.237. The summed E-state index contributed by atoms with van der Waals surface area (Å²) in [5, 5.41) is 0.416. The number of hydrogen-bond acceptors (Lipinski definition) is 3. The molecule has 0 aliphatic carbocycles. The van der Waals surface area contributed by atoms with Crippen molar-refractivity contribution in [2.45, 2.75) is 19.4 Å². The van der Waals surface area contributed by atoms with Crippen molar-refractivity contribution in [2.24, 2.45) is 0 Å². The molecule has 0 unspecified atom stereocenters. The third-order valence-corrected chi connectivity index (χ3v) is 4.57. The summed E-state index contributed by atoms with van der Waals surface area (Å²) in [5.41, 5.74) is 0.788. The summed E-state index contributed by atoms with van der Waals surface area (Å²) < 4.78 is 28.8. The molecule has 0 radical (unpaired) electrons. The number of para-hydroxylation sites is 1. The lowest BCUT2D eigenvalue weighted by molar-refractivity contribution is -0.119. The molecule has 132 valence electrons. The second-order valence-corrected chi connectivity index (χ2v) is 6.23. The molecule has 0 N–H and O–H groups in total. The predicted octanol–water partition coefficient (Wildman–Crippen LogP) is 2.65. The first kappa shape index (κ1) is 16.4. The predicted molar refractivity (Wildman–Crippen MR) is 93.0 cm³/mol. The maximum Gasteiger partial charge on any atom is 0.261 e. The molecule has 3 aromatic rings. The van der Waals surface area contributed by atoms with Crippen molar-refractivity contribution in [2.75, 3.05) is 11.4 Å². The van der Waals surface area contributed by atoms with Gasteiger partial charge < -0.3 is 4.90 Å². The Morgan fingerprint density at radius 2 is 2.00 bits per heavy atom. The van der Waals surface area contributed by atoms with Crippen LogP contribution in [0.4, 0.5) is 14.5 Å². The minimum Gasteiger partial charge on any atom is -0.310 e. The van der Waals surface area contributed by atoms with Crippen molar-refractivity contribution in [1.29, 1.82) is 0 Å². The van der Waals surface area contributed by atoms with Gasteiger partial charge in [0.2, 0.25) is 5.91 Å². The van der Waals surface area contributed by atoms with Crippen LogP contribution in [0.3, 0.4) is 0 Å². The van der Waals surface area contributed by atoms with Crippen LogP contribution in [0.5, 0.6) is 0 Å². The Balaban J connectivity index is 1.69. The zero-order chi connectivity index (χ0) is 18.3. The van der Waals surface area contributed by atoms with Crippen LogP contribution in [0.15, 0.2) is 47.5 Å². The highest BCUT2D eigenvalue weighted by molar-refractivity contribution is 5.94. The van der Waals surface area contributed by atoms with Crippen LogP contribution in [0.1, 0.15) is 12.0 Å². The summed E-state index contributed by atoms with van der Waals surface area (Å²) >= 11 is 0. The van der Waals surface area contributed by atoms with E-state index in [0.717, 1.165) is 12.1 Å². The van der Waals surface area contributed by atoms with Gasteiger partial charge >= 0.3 is 0 Å². The van der Waals surface area contributed by atoms with Gasteiger partial charge in [0, 0.05) is 18.2 Å². The summed E-state index contributed by atoms with van der Waals surface area (Å²) in [7, 11) is 0. The van der Waals surface area contributed by atoms with Crippen LogP contribution >= 0.6 is 0 Å². The lowest BCUT2D eigenvalue weighted by Gasteiger charge is -2.30. The van der Waals surface area contributed by atoms with E-state index in [2.05, 4.69) is 4.98 Å². The van der Waals surface area contributed by atoms with E-state index < -0.39 is 17.5 Å². The molecule has 5 nitrogen and oxygen atoms in total. The van der Waals surface area contributed by atoms with E-state index in [4.69, 9.17) is 0 Å². The van der Waals surface area contributed by atoms with E-state index in [1.54, 1.807) is 24.3 Å². The van der Waals surface area contributed by atoms with E-state index in [9.17, 15) is 18.4 Å². The largest absolute Gasteiger partial charge is 0.310 e. The SMILES string of the molecule is O=C(Cn1cnc2ccccc2c1=O)N1CCCc2c(F)cc(F)cc21. The topological polar surface area (TPSA) is 55.2 Å². The first-order chi connectivity index (χ1) is 12.5. The molecule has 0 spiro atoms. The zero-order valence-corrected chi connectivity index (χ0v) is 13.8. The van der Waals surface area contributed by atoms with E-state index in [1.165, 1.54) is 15.8 Å². The zero-order valence-electron chi connectivity index (χ0n) is 13.8. The second-order valence-electron chi connectivity index (χ2n) is 6.23. The monoisotopic (exact) mass is 355 g/mol. The number of benzene rings is 2. The molecule has 0 fully saturated rings. The average molecular weight is 355 g/mol. The number of halogens is 2. The van der Waals surface area contributed by atoms with Crippen molar-refractivity contribution in [1.82, 2.24) is 9.55 Å². The molecule has 1 amide bonds. The molecule has 0 atom stereocenters. The van der Waals surface area contributed by atoms with Crippen LogP contribution in [0.2, 0.25) is 0 Å². The molecule has 4 rings (SSSR count). The average Bonchev–Trinajstić information content (AvgIpc) is 2.63. The van der Waals surface area contributed by atoms with E-state index in [0.29, 0.717) is 35.9 Å². The Morgan fingerprint density at radius 1 is 1.19 bits per heavy atom. The minimum atomic E-state index is -0.731. The van der Waals surface area contributed by atoms with Crippen LogP contribution in [0, 0.1) is 11.6 Å². The summed E-state index contributed by atoms with van der Waals surface area (Å²) in [4.78, 5) is 30.8. The van der Waals surface area contributed by atoms with Gasteiger partial charge in [-0.3, -0.25) is 14.2 Å². The van der Waals surface area contributed by atoms with Gasteiger partial charge in [0.1, 0.15) is 18.2 Å². The number of hydrogen-bond donors (Lipinski definition) is 0. The lowest BCUT2D eigenvalue weighted by Crippen LogP contribution is -2.40. The third kappa shape index (κ3) is 2.75. The number of amides is 1. The number of anilines is 1. The number of rotatable bonds is 2. The van der Waals surface area contributed by atoms with Gasteiger partial charge in [-0.25, -0.2) is 13.8 Å². The summed E-state index contributed by atoms with van der Waals surface area (Å²) in [6.45, 7) is 0.110. The first-order valence-corrected chi connectivity index (χ1v) is 8.27. The Hall–Kier alpha value is -3.09. The fraction of sp³-hybridized carbons (Fsp3) is 0.211. The number of carbonyl (C=O) groups excluding carboxylic acids is 1. The molecule has 1 aliphatic heterocycles. The van der Waals surface area contributed by atoms with Gasteiger partial charge in [0.05, 0.1) is 22.9 Å². The highest BCUT2D eigenvalue weighted by Gasteiger charge is 2.26. The number of fused-ring (bicyclic) bond motifs is 2. The number of aromatic nitrogens is 2. The molecule has 26 heavy (non-hydrogen) atoms. The van der Waals surface area contributed by atoms with E-state index >= 15 is 0 Å². The van der Waals surface area contributed by atoms with Crippen molar-refractivity contribution < 1.29 is 13.6 Å². The molecule has 2 aromatic carbocycles. The van der Waals surface area contributed by atoms with Gasteiger partial charge in [-0.15, -0.1) is 0 Å². The normalized spacial score (nSPS) is 13.7. The van der Waals surface area contributed by atoms with Crippen LogP contribution < -0.4 is 10.5 Å². The Kier molecular flexibility index (Phi) is 3.99. The maximum absolute atomic E-state index is 14.0. The molecule has 1 aliphatic rings. The Morgan fingerprint density at radius 3 is 2.85 bits per heavy atom. The highest BCUT2D eigenvalue weighted by Crippen LogP contribution is 2.30. The quantitative estimate of drug-likeness (QED) is 0.710. The Labute approximate surface area is 147 Å². The molecule has 0 saturated carbocycles. The molecule has 0 saturated heterocycles. The maximum atomic E-state index is 14.0. The summed E-state index contributed by atoms with van der Waals surface area (Å²) in [6, 6.07) is 8.85. The van der Waals surface area contributed by atoms with Crippen molar-refractivity contribution in [3.63, 3.8) is 0 Å². The molecule has 2 heterocycles. The summed E-state index contributed by atoms with van der Waals surface area (Å²) in [6.07, 6.45) is 2.34. The number of nitrogens with zero attached hydrogens (tertiary/aromatic N) is 3. The smallest absolute Gasteiger partial charge is 0.261 e. The standard InChI is InChI=1S/C19H15F2N3O2/c20-12-8-15(21)13-5-3-7-24(17(13)9-12)18(25)10-23-11-22-16-6-2-1-4-14(16)19(23)26/h1-2,4,6,8-9,11H,3,5,7,10H2. The fourth-order valence-corrected chi connectivity index (χ4v) is 3.32. The van der Waals surface area contributed by atoms with Crippen molar-refractivity contribution in [3.8, 4) is 0 Å². The van der Waals surface area contributed by atoms with E-state index in [-0.39, 0.29) is 17.8 Å². The summed E-state index contributed by atoms with van der Waals surface area (Å²) in [5.74, 6) is -1.79. The molecule has 7 heteroatoms. The van der Waals surface area contributed by atoms with Gasteiger partial charge in [-0.2, -0.15) is 0 Å². The molecular weight excluding hydrogens is 340 g/mol. The van der Waals surface area contributed by atoms with Crippen molar-refractivity contribution >= 4 is 22.5 Å². The number of carbonyl (C=O) groups is 1. The lowest BCUT2D eigenvalue weighted by atomic mass is 10.0. The van der Waals surface area contributed by atoms with Crippen LogP contribution in [0.25, 0.3) is 10.9 Å². The van der Waals surface area contributed by atoms with Crippen LogP contribution in [-0.4, -0.2) is 22.0 Å². The Bertz CT molecular complexity index is 1080. The molecule has 0 bridgehead atoms. The van der Waals surface area contributed by atoms with Crippen molar-refractivity contribution in [3.05, 3.63) is 70.3 Å². The third-order valence-electron chi connectivity index (χ3n) is 4.57. The van der Waals surface area contributed by atoms with Gasteiger partial charge in [0.15, 0.2) is 0 Å². The van der Waals surface area contributed by atoms with Gasteiger partial charge in [-0.05, 0) is 31.0 Å². The fourth-order valence-electron chi connectivity index (χ4n) is 3.32. The van der Waals surface area contributed by atoms with Gasteiger partial charge in [0.25, 0.3) is 5.56 Å². The van der Waals surface area contributed by atoms with E-state index in [1.807, 2.05) is 0 Å². The van der Waals surface area contributed by atoms with Gasteiger partial charge in [-0.1, -0.05) is 12.1 Å². The van der Waals surface area contributed by atoms with Crippen LogP contribution in [-0.2, 0) is 17.8 Å². The molecule has 1 aromatic heterocycles.